The Morgan fingerprint density at radius 3 is 2.65 bits per heavy atom. The number of nitrogens with two attached hydrogens (primary N) is 1. The van der Waals surface area contributed by atoms with Gasteiger partial charge in [0.05, 0.1) is 11.4 Å². The van der Waals surface area contributed by atoms with Crippen LogP contribution in [0.15, 0.2) is 42.5 Å². The fourth-order valence-corrected chi connectivity index (χ4v) is 3.17. The van der Waals surface area contributed by atoms with E-state index in [1.807, 2.05) is 0 Å². The number of anilines is 2. The predicted octanol–water partition coefficient (Wildman–Crippen LogP) is 1.96. The lowest BCUT2D eigenvalue weighted by atomic mass is 10.1. The first-order valence-corrected chi connectivity index (χ1v) is 8.37. The molecule has 0 saturated carbocycles. The number of para-hydroxylation sites is 2. The van der Waals surface area contributed by atoms with Crippen LogP contribution in [0.5, 0.6) is 0 Å². The fourth-order valence-electron chi connectivity index (χ4n) is 3.17. The molecule has 0 fully saturated rings. The Bertz CT molecular complexity index is 856. The number of benzene rings is 2. The maximum Gasteiger partial charge on any atom is 0.285 e. The second-order valence-electron chi connectivity index (χ2n) is 6.43. The summed E-state index contributed by atoms with van der Waals surface area (Å²) in [5, 5.41) is 4.44. The highest BCUT2D eigenvalue weighted by atomic mass is 19.1. The number of quaternary nitrogens is 1. The smallest absolute Gasteiger partial charge is 0.285 e. The molecule has 2 aromatic rings. The number of hydrogen-bond donors (Lipinski definition) is 2. The number of carbonyl (C=O) groups excluding carboxylic acids is 2. The Balaban J connectivity index is 1.77. The summed E-state index contributed by atoms with van der Waals surface area (Å²) in [6.45, 7) is 3.39. The molecule has 0 aliphatic carbocycles. The fraction of sp³-hybridized carbons (Fsp3) is 0.263. The summed E-state index contributed by atoms with van der Waals surface area (Å²) in [4.78, 5) is 26.2. The highest BCUT2D eigenvalue weighted by Gasteiger charge is 2.32. The number of nitrogens with one attached hydrogen (secondary N) is 1. The largest absolute Gasteiger partial charge is 0.330 e. The van der Waals surface area contributed by atoms with Gasteiger partial charge in [-0.15, -0.1) is 0 Å². The summed E-state index contributed by atoms with van der Waals surface area (Å²) in [6.07, 6.45) is 0. The number of hydrogen-bond acceptors (Lipinski definition) is 2. The molecule has 7 heteroatoms. The van der Waals surface area contributed by atoms with Crippen molar-refractivity contribution in [2.75, 3.05) is 16.8 Å². The predicted molar refractivity (Wildman–Crippen MR) is 93.6 cm³/mol. The topological polar surface area (TPSA) is 66.0 Å². The van der Waals surface area contributed by atoms with Gasteiger partial charge < -0.3 is 10.6 Å². The van der Waals surface area contributed by atoms with Gasteiger partial charge in [-0.05, 0) is 38.1 Å². The molecule has 26 heavy (non-hydrogen) atoms. The summed E-state index contributed by atoms with van der Waals surface area (Å²) in [5.74, 6) is -1.79. The van der Waals surface area contributed by atoms with Gasteiger partial charge in [0.15, 0.2) is 6.04 Å². The molecular weight excluding hydrogens is 340 g/mol. The van der Waals surface area contributed by atoms with Gasteiger partial charge in [-0.2, -0.15) is 0 Å². The van der Waals surface area contributed by atoms with Crippen LogP contribution in [0.3, 0.4) is 0 Å². The molecule has 5 nitrogen and oxygen atoms in total. The van der Waals surface area contributed by atoms with Crippen LogP contribution in [-0.4, -0.2) is 24.4 Å². The van der Waals surface area contributed by atoms with Crippen molar-refractivity contribution in [1.29, 1.82) is 0 Å². The number of carbonyl (C=O) groups is 2. The average molecular weight is 360 g/mol. The molecule has 136 valence electrons. The Morgan fingerprint density at radius 1 is 1.19 bits per heavy atom. The molecule has 0 radical (unpaired) electrons. The number of halogens is 2. The van der Waals surface area contributed by atoms with Crippen molar-refractivity contribution < 1.29 is 23.7 Å². The van der Waals surface area contributed by atoms with E-state index in [1.54, 1.807) is 43.4 Å². The molecule has 2 aromatic carbocycles. The normalized spacial score (nSPS) is 15.8. The van der Waals surface area contributed by atoms with E-state index >= 15 is 0 Å². The Morgan fingerprint density at radius 2 is 1.92 bits per heavy atom. The standard InChI is InChI=1S/C19H19F2N3O2/c1-11(14-8-7-13(20)9-15(14)21)22-12(2)19(26)24-10-18(25)23-16-5-3-4-6-17(16)24/h3-9,11-12,22H,10H2,1-2H3,(H,23,25)/p+1/t11-,12-/m0/s1. The molecule has 3 rings (SSSR count). The summed E-state index contributed by atoms with van der Waals surface area (Å²) < 4.78 is 27.0. The van der Waals surface area contributed by atoms with E-state index in [1.165, 1.54) is 17.0 Å². The van der Waals surface area contributed by atoms with Crippen LogP contribution in [-0.2, 0) is 9.59 Å². The van der Waals surface area contributed by atoms with Gasteiger partial charge in [-0.3, -0.25) is 14.5 Å². The zero-order valence-electron chi connectivity index (χ0n) is 14.5. The zero-order valence-corrected chi connectivity index (χ0v) is 14.5. The molecule has 0 unspecified atom stereocenters. The summed E-state index contributed by atoms with van der Waals surface area (Å²) >= 11 is 0. The van der Waals surface area contributed by atoms with E-state index in [9.17, 15) is 18.4 Å². The lowest BCUT2D eigenvalue weighted by Crippen LogP contribution is -2.92. The van der Waals surface area contributed by atoms with Crippen molar-refractivity contribution in [3.05, 3.63) is 59.7 Å². The number of rotatable bonds is 4. The Kier molecular flexibility index (Phi) is 4.99. The first-order valence-electron chi connectivity index (χ1n) is 8.37. The number of fused-ring (bicyclic) bond motifs is 1. The minimum atomic E-state index is -0.643. The molecule has 1 heterocycles. The van der Waals surface area contributed by atoms with Crippen molar-refractivity contribution in [2.24, 2.45) is 0 Å². The van der Waals surface area contributed by atoms with Gasteiger partial charge in [-0.1, -0.05) is 12.1 Å². The minimum Gasteiger partial charge on any atom is -0.330 e. The molecule has 3 N–H and O–H groups in total. The van der Waals surface area contributed by atoms with Crippen LogP contribution in [0.1, 0.15) is 25.5 Å². The highest BCUT2D eigenvalue weighted by molar-refractivity contribution is 6.10. The number of nitrogens with zero attached hydrogens (tertiary/aromatic N) is 1. The third kappa shape index (κ3) is 3.57. The summed E-state index contributed by atoms with van der Waals surface area (Å²) in [5.41, 5.74) is 1.54. The minimum absolute atomic E-state index is 0.0622. The summed E-state index contributed by atoms with van der Waals surface area (Å²) in [7, 11) is 0. The van der Waals surface area contributed by atoms with E-state index in [-0.39, 0.29) is 24.4 Å². The molecule has 0 bridgehead atoms. The van der Waals surface area contributed by atoms with Crippen LogP contribution >= 0.6 is 0 Å². The van der Waals surface area contributed by atoms with E-state index in [2.05, 4.69) is 5.32 Å². The van der Waals surface area contributed by atoms with Crippen molar-refractivity contribution in [3.63, 3.8) is 0 Å². The molecule has 1 aliphatic rings. The first-order chi connectivity index (χ1) is 12.4. The van der Waals surface area contributed by atoms with E-state index in [0.717, 1.165) is 6.07 Å². The monoisotopic (exact) mass is 360 g/mol. The molecule has 0 saturated heterocycles. The third-order valence-corrected chi connectivity index (χ3v) is 4.46. The Labute approximate surface area is 150 Å². The molecule has 2 atom stereocenters. The lowest BCUT2D eigenvalue weighted by molar-refractivity contribution is -0.710. The van der Waals surface area contributed by atoms with Crippen LogP contribution in [0.25, 0.3) is 0 Å². The second kappa shape index (κ2) is 7.21. The zero-order chi connectivity index (χ0) is 18.8. The van der Waals surface area contributed by atoms with Crippen molar-refractivity contribution in [2.45, 2.75) is 25.9 Å². The SMILES string of the molecule is C[C@H]([NH2+][C@@H](C)c1ccc(F)cc1F)C(=O)N1CC(=O)Nc2ccccc21. The maximum absolute atomic E-state index is 13.9. The van der Waals surface area contributed by atoms with Crippen molar-refractivity contribution in [3.8, 4) is 0 Å². The highest BCUT2D eigenvalue weighted by Crippen LogP contribution is 2.29. The van der Waals surface area contributed by atoms with Crippen molar-refractivity contribution >= 4 is 23.2 Å². The van der Waals surface area contributed by atoms with E-state index in [4.69, 9.17) is 0 Å². The van der Waals surface area contributed by atoms with E-state index in [0.29, 0.717) is 16.9 Å². The van der Waals surface area contributed by atoms with Gasteiger partial charge in [0.25, 0.3) is 5.91 Å². The molecule has 0 aromatic heterocycles. The van der Waals surface area contributed by atoms with Crippen LogP contribution in [0, 0.1) is 11.6 Å². The first kappa shape index (κ1) is 18.0. The lowest BCUT2D eigenvalue weighted by Gasteiger charge is -2.30. The maximum atomic E-state index is 13.9. The van der Waals surface area contributed by atoms with Crippen LogP contribution < -0.4 is 15.5 Å². The quantitative estimate of drug-likeness (QED) is 0.875. The molecular formula is C19H20F2N3O2+. The number of amides is 2. The third-order valence-electron chi connectivity index (χ3n) is 4.46. The van der Waals surface area contributed by atoms with Gasteiger partial charge in [-0.25, -0.2) is 8.78 Å². The Hall–Kier alpha value is -2.80. The van der Waals surface area contributed by atoms with Gasteiger partial charge in [0.2, 0.25) is 5.91 Å². The van der Waals surface area contributed by atoms with Gasteiger partial charge >= 0.3 is 0 Å². The van der Waals surface area contributed by atoms with Crippen molar-refractivity contribution in [1.82, 2.24) is 0 Å². The molecule has 2 amide bonds. The van der Waals surface area contributed by atoms with Gasteiger partial charge in [0.1, 0.15) is 24.2 Å². The van der Waals surface area contributed by atoms with E-state index < -0.39 is 17.7 Å². The van der Waals surface area contributed by atoms with Crippen LogP contribution in [0.4, 0.5) is 20.2 Å². The summed E-state index contributed by atoms with van der Waals surface area (Å²) in [6, 6.07) is 9.55. The molecule has 1 aliphatic heterocycles. The van der Waals surface area contributed by atoms with Gasteiger partial charge in [0, 0.05) is 11.6 Å². The second-order valence-corrected chi connectivity index (χ2v) is 6.43. The van der Waals surface area contributed by atoms with Crippen LogP contribution in [0.2, 0.25) is 0 Å². The molecule has 0 spiro atoms. The average Bonchev–Trinajstić information content (AvgIpc) is 2.60.